The number of para-hydroxylation sites is 10. The van der Waals surface area contributed by atoms with E-state index in [1.807, 2.05) is 48.5 Å². The molecule has 0 radical (unpaired) electrons. The first kappa shape index (κ1) is 32.8. The van der Waals surface area contributed by atoms with Crippen molar-refractivity contribution in [3.63, 3.8) is 0 Å². The van der Waals surface area contributed by atoms with E-state index in [0.29, 0.717) is 0 Å². The predicted octanol–water partition coefficient (Wildman–Crippen LogP) is 15.0. The average molecular weight is 771 g/mol. The fraction of sp³-hybridized carbons (Fsp3) is 0. The van der Waals surface area contributed by atoms with Gasteiger partial charge in [0.25, 0.3) is 0 Å². The number of aromatic nitrogens is 2. The predicted molar refractivity (Wildman–Crippen MR) is 245 cm³/mol. The number of rotatable bonds is 4. The Morgan fingerprint density at radius 2 is 0.567 bits per heavy atom. The van der Waals surface area contributed by atoms with Gasteiger partial charge < -0.3 is 28.4 Å². The van der Waals surface area contributed by atoms with Crippen molar-refractivity contribution in [2.24, 2.45) is 0 Å². The number of benzene rings is 9. The zero-order valence-corrected chi connectivity index (χ0v) is 32.2. The maximum absolute atomic E-state index is 6.41. The van der Waals surface area contributed by atoms with Gasteiger partial charge in [0.15, 0.2) is 23.0 Å². The van der Waals surface area contributed by atoms with Crippen LogP contribution in [0.2, 0.25) is 0 Å². The van der Waals surface area contributed by atoms with Crippen molar-refractivity contribution in [1.82, 2.24) is 9.13 Å². The Labute approximate surface area is 345 Å². The summed E-state index contributed by atoms with van der Waals surface area (Å²) in [7, 11) is 0. The van der Waals surface area contributed by atoms with Crippen molar-refractivity contribution < 1.29 is 9.47 Å². The Bertz CT molecular complexity index is 3190. The van der Waals surface area contributed by atoms with Crippen LogP contribution in [0.1, 0.15) is 0 Å². The minimum atomic E-state index is 0.834. The molecule has 0 saturated heterocycles. The normalized spacial score (nSPS) is 12.9. The summed E-state index contributed by atoms with van der Waals surface area (Å²) in [6, 6.07) is 73.1. The molecule has 282 valence electrons. The number of ether oxygens (including phenoxy) is 2. The Hall–Kier alpha value is -8.22. The van der Waals surface area contributed by atoms with Crippen molar-refractivity contribution in [3.8, 4) is 34.4 Å². The molecule has 0 aliphatic carbocycles. The van der Waals surface area contributed by atoms with E-state index in [2.05, 4.69) is 177 Å². The standard InChI is InChI=1S/C54H34N4O2/c1-3-15-35(16-4-1)55-43-29-27-37(57-45-19-7-11-23-51(45)59-52-24-12-8-20-46(52)57)31-39(43)41-34-50-42(33-49(41)55)40-32-38(28-30-44(40)56(50)36-17-5-2-6-18-36)58-47-21-9-13-25-53(47)60-54-26-14-10-22-48(54)58/h1-34H. The summed E-state index contributed by atoms with van der Waals surface area (Å²) < 4.78 is 17.6. The highest BCUT2D eigenvalue weighted by Crippen LogP contribution is 2.53. The van der Waals surface area contributed by atoms with Crippen molar-refractivity contribution >= 4 is 77.7 Å². The summed E-state index contributed by atoms with van der Waals surface area (Å²) >= 11 is 0. The van der Waals surface area contributed by atoms with Gasteiger partial charge in [0.2, 0.25) is 0 Å². The molecule has 0 unspecified atom stereocenters. The number of fused-ring (bicyclic) bond motifs is 10. The molecule has 9 aromatic carbocycles. The van der Waals surface area contributed by atoms with Gasteiger partial charge in [0.1, 0.15) is 0 Å². The molecule has 2 aliphatic rings. The highest BCUT2D eigenvalue weighted by molar-refractivity contribution is 6.20. The lowest BCUT2D eigenvalue weighted by molar-refractivity contribution is 0.477. The highest BCUT2D eigenvalue weighted by atomic mass is 16.5. The van der Waals surface area contributed by atoms with Crippen LogP contribution in [-0.4, -0.2) is 9.13 Å². The number of anilines is 6. The van der Waals surface area contributed by atoms with Gasteiger partial charge in [-0.25, -0.2) is 0 Å². The van der Waals surface area contributed by atoms with Crippen LogP contribution in [-0.2, 0) is 0 Å². The molecule has 0 saturated carbocycles. The van der Waals surface area contributed by atoms with E-state index in [1.165, 1.54) is 21.5 Å². The molecular formula is C54H34N4O2. The molecule has 6 nitrogen and oxygen atoms in total. The van der Waals surface area contributed by atoms with E-state index in [4.69, 9.17) is 9.47 Å². The summed E-state index contributed by atoms with van der Waals surface area (Å²) in [5.74, 6) is 3.34. The molecule has 11 aromatic rings. The topological polar surface area (TPSA) is 34.8 Å². The van der Waals surface area contributed by atoms with Gasteiger partial charge >= 0.3 is 0 Å². The van der Waals surface area contributed by atoms with Crippen LogP contribution in [0.5, 0.6) is 23.0 Å². The van der Waals surface area contributed by atoms with Gasteiger partial charge in [-0.2, -0.15) is 0 Å². The first-order valence-corrected chi connectivity index (χ1v) is 20.3. The van der Waals surface area contributed by atoms with Gasteiger partial charge in [0.05, 0.1) is 44.8 Å². The molecule has 6 heteroatoms. The van der Waals surface area contributed by atoms with Crippen molar-refractivity contribution in [3.05, 3.63) is 206 Å². The minimum Gasteiger partial charge on any atom is -0.453 e. The lowest BCUT2D eigenvalue weighted by Gasteiger charge is -2.32. The van der Waals surface area contributed by atoms with Crippen molar-refractivity contribution in [1.29, 1.82) is 0 Å². The van der Waals surface area contributed by atoms with E-state index in [9.17, 15) is 0 Å². The molecule has 2 aromatic heterocycles. The van der Waals surface area contributed by atoms with Crippen molar-refractivity contribution in [2.45, 2.75) is 0 Å². The van der Waals surface area contributed by atoms with E-state index in [1.54, 1.807) is 0 Å². The molecule has 0 spiro atoms. The molecule has 4 heterocycles. The molecule has 0 amide bonds. The summed E-state index contributed by atoms with van der Waals surface area (Å²) in [6.45, 7) is 0. The second-order valence-corrected chi connectivity index (χ2v) is 15.4. The molecule has 0 bridgehead atoms. The van der Waals surface area contributed by atoms with Crippen LogP contribution in [0.15, 0.2) is 206 Å². The number of hydrogen-bond acceptors (Lipinski definition) is 4. The second-order valence-electron chi connectivity index (χ2n) is 15.4. The van der Waals surface area contributed by atoms with Crippen LogP contribution < -0.4 is 19.3 Å². The third kappa shape index (κ3) is 4.76. The van der Waals surface area contributed by atoms with Gasteiger partial charge in [-0.15, -0.1) is 0 Å². The van der Waals surface area contributed by atoms with E-state index in [0.717, 1.165) is 90.6 Å². The van der Waals surface area contributed by atoms with Crippen LogP contribution in [0.25, 0.3) is 55.0 Å². The molecule has 2 aliphatic heterocycles. The summed E-state index contributed by atoms with van der Waals surface area (Å²) in [5, 5.41) is 4.69. The molecular weight excluding hydrogens is 737 g/mol. The monoisotopic (exact) mass is 770 g/mol. The van der Waals surface area contributed by atoms with Crippen LogP contribution in [0.4, 0.5) is 34.1 Å². The number of hydrogen-bond donors (Lipinski definition) is 0. The smallest absolute Gasteiger partial charge is 0.151 e. The minimum absolute atomic E-state index is 0.834. The van der Waals surface area contributed by atoms with Crippen molar-refractivity contribution in [2.75, 3.05) is 9.80 Å². The van der Waals surface area contributed by atoms with Crippen LogP contribution in [0, 0.1) is 0 Å². The van der Waals surface area contributed by atoms with Gasteiger partial charge in [-0.05, 0) is 121 Å². The molecule has 0 atom stereocenters. The Morgan fingerprint density at radius 1 is 0.250 bits per heavy atom. The second kappa shape index (κ2) is 12.6. The van der Waals surface area contributed by atoms with E-state index in [-0.39, 0.29) is 0 Å². The van der Waals surface area contributed by atoms with Gasteiger partial charge in [-0.3, -0.25) is 0 Å². The summed E-state index contributed by atoms with van der Waals surface area (Å²) in [4.78, 5) is 4.64. The highest BCUT2D eigenvalue weighted by Gasteiger charge is 2.28. The van der Waals surface area contributed by atoms with Gasteiger partial charge in [-0.1, -0.05) is 84.9 Å². The lowest BCUT2D eigenvalue weighted by atomic mass is 10.1. The third-order valence-electron chi connectivity index (χ3n) is 12.0. The molecule has 0 fully saturated rings. The zero-order chi connectivity index (χ0) is 39.3. The van der Waals surface area contributed by atoms with Crippen LogP contribution >= 0.6 is 0 Å². The molecule has 60 heavy (non-hydrogen) atoms. The molecule has 13 rings (SSSR count). The first-order valence-electron chi connectivity index (χ1n) is 20.3. The fourth-order valence-corrected chi connectivity index (χ4v) is 9.46. The molecule has 0 N–H and O–H groups in total. The average Bonchev–Trinajstić information content (AvgIpc) is 3.80. The van der Waals surface area contributed by atoms with E-state index >= 15 is 0 Å². The Balaban J connectivity index is 1.11. The maximum Gasteiger partial charge on any atom is 0.151 e. The summed E-state index contributed by atoms with van der Waals surface area (Å²) in [6.07, 6.45) is 0. The van der Waals surface area contributed by atoms with Crippen LogP contribution in [0.3, 0.4) is 0 Å². The largest absolute Gasteiger partial charge is 0.453 e. The van der Waals surface area contributed by atoms with Gasteiger partial charge in [0, 0.05) is 44.3 Å². The first-order chi connectivity index (χ1) is 29.8. The SMILES string of the molecule is c1ccc(-n2c3ccc(N4c5ccccc5Oc5ccccc54)cc3c3cc4c(cc32)c2cc(N3c5ccccc5Oc5ccccc53)ccc2n4-c2ccccc2)cc1. The number of nitrogens with zero attached hydrogens (tertiary/aromatic N) is 4. The maximum atomic E-state index is 6.41. The Kier molecular flexibility index (Phi) is 6.91. The quantitative estimate of drug-likeness (QED) is 0.179. The zero-order valence-electron chi connectivity index (χ0n) is 32.2. The van der Waals surface area contributed by atoms with E-state index < -0.39 is 0 Å². The third-order valence-corrected chi connectivity index (χ3v) is 12.0. The lowest BCUT2D eigenvalue weighted by Crippen LogP contribution is -2.15. The Morgan fingerprint density at radius 3 is 0.933 bits per heavy atom. The summed E-state index contributed by atoms with van der Waals surface area (Å²) in [5.41, 5.74) is 13.0. The fourth-order valence-electron chi connectivity index (χ4n) is 9.46.